The highest BCUT2D eigenvalue weighted by Crippen LogP contribution is 2.35. The summed E-state index contributed by atoms with van der Waals surface area (Å²) in [4.78, 5) is 0. The third-order valence-corrected chi connectivity index (χ3v) is 5.93. The van der Waals surface area contributed by atoms with Gasteiger partial charge in [0.1, 0.15) is 0 Å². The minimum absolute atomic E-state index is 0.500. The van der Waals surface area contributed by atoms with Gasteiger partial charge in [-0.3, -0.25) is 0 Å². The van der Waals surface area contributed by atoms with Crippen molar-refractivity contribution in [2.75, 3.05) is 0 Å². The Labute approximate surface area is 172 Å². The van der Waals surface area contributed by atoms with Crippen molar-refractivity contribution in [2.45, 2.75) is 90.6 Å². The number of hydrogen-bond acceptors (Lipinski definition) is 1. The maximum absolute atomic E-state index is 13.8. The first kappa shape index (κ1) is 23.8. The zero-order valence-electron chi connectivity index (χ0n) is 17.4. The Morgan fingerprint density at radius 3 is 2.10 bits per heavy atom. The molecule has 1 aliphatic rings. The number of benzene rings is 1. The highest BCUT2D eigenvalue weighted by molar-refractivity contribution is 5.31. The van der Waals surface area contributed by atoms with Crippen LogP contribution in [0, 0.1) is 23.5 Å². The second-order valence-electron chi connectivity index (χ2n) is 8.24. The fourth-order valence-corrected chi connectivity index (χ4v) is 4.24. The monoisotopic (exact) mass is 414 g/mol. The van der Waals surface area contributed by atoms with Crippen molar-refractivity contribution in [3.05, 3.63) is 41.5 Å². The predicted molar refractivity (Wildman–Crippen MR) is 109 cm³/mol. The zero-order valence-corrected chi connectivity index (χ0v) is 17.4. The number of aryl methyl sites for hydroxylation is 1. The van der Waals surface area contributed by atoms with Gasteiger partial charge in [0, 0.05) is 0 Å². The zero-order chi connectivity index (χ0) is 21.1. The minimum atomic E-state index is -3.24. The van der Waals surface area contributed by atoms with Crippen molar-refractivity contribution in [1.29, 1.82) is 0 Å². The van der Waals surface area contributed by atoms with Gasteiger partial charge in [0.25, 0.3) is 0 Å². The van der Waals surface area contributed by atoms with Crippen LogP contribution in [0.4, 0.5) is 17.6 Å². The van der Waals surface area contributed by atoms with Crippen LogP contribution in [-0.2, 0) is 6.42 Å². The van der Waals surface area contributed by atoms with E-state index in [9.17, 15) is 17.6 Å². The molecule has 0 bridgehead atoms. The molecular weight excluding hydrogens is 380 g/mol. The number of alkyl halides is 2. The first-order valence-electron chi connectivity index (χ1n) is 11.1. The Morgan fingerprint density at radius 1 is 0.931 bits per heavy atom. The molecule has 0 atom stereocenters. The molecule has 1 aromatic rings. The molecule has 1 saturated carbocycles. The summed E-state index contributed by atoms with van der Waals surface area (Å²) < 4.78 is 56.0. The Hall–Kier alpha value is -1.52. The van der Waals surface area contributed by atoms with Gasteiger partial charge in [0.05, 0.1) is 0 Å². The molecule has 1 nitrogen and oxygen atoms in total. The molecule has 29 heavy (non-hydrogen) atoms. The highest BCUT2D eigenvalue weighted by Gasteiger charge is 2.22. The van der Waals surface area contributed by atoms with Crippen LogP contribution in [0.5, 0.6) is 5.75 Å². The average Bonchev–Trinajstić information content (AvgIpc) is 2.69. The van der Waals surface area contributed by atoms with E-state index >= 15 is 0 Å². The molecule has 1 aliphatic carbocycles. The molecule has 0 spiro atoms. The summed E-state index contributed by atoms with van der Waals surface area (Å²) in [6.07, 6.45) is 18.3. The van der Waals surface area contributed by atoms with Gasteiger partial charge in [0.2, 0.25) is 0 Å². The fraction of sp³-hybridized carbons (Fsp3) is 0.667. The van der Waals surface area contributed by atoms with Crippen LogP contribution >= 0.6 is 0 Å². The summed E-state index contributed by atoms with van der Waals surface area (Å²) in [5.74, 6) is -1.73. The first-order chi connectivity index (χ1) is 14.0. The predicted octanol–water partition coefficient (Wildman–Crippen LogP) is 8.22. The van der Waals surface area contributed by atoms with E-state index in [0.29, 0.717) is 17.9 Å². The van der Waals surface area contributed by atoms with Crippen molar-refractivity contribution < 1.29 is 22.3 Å². The minimum Gasteiger partial charge on any atom is -0.429 e. The van der Waals surface area contributed by atoms with E-state index in [1.807, 2.05) is 0 Å². The third kappa shape index (κ3) is 8.79. The lowest BCUT2D eigenvalue weighted by Gasteiger charge is -2.28. The molecule has 2 rings (SSSR count). The molecule has 164 valence electrons. The number of hydrogen-bond donors (Lipinski definition) is 0. The maximum atomic E-state index is 13.8. The molecule has 0 aromatic heterocycles. The topological polar surface area (TPSA) is 9.23 Å². The van der Waals surface area contributed by atoms with Gasteiger partial charge in [-0.15, -0.1) is 0 Å². The lowest BCUT2D eigenvalue weighted by molar-refractivity contribution is -0.0546. The summed E-state index contributed by atoms with van der Waals surface area (Å²) in [5.41, 5.74) is 0.500. The van der Waals surface area contributed by atoms with E-state index in [4.69, 9.17) is 0 Å². The normalized spacial score (nSPS) is 19.9. The van der Waals surface area contributed by atoms with Gasteiger partial charge in [-0.2, -0.15) is 8.78 Å². The smallest absolute Gasteiger partial charge is 0.387 e. The Morgan fingerprint density at radius 2 is 1.52 bits per heavy atom. The van der Waals surface area contributed by atoms with E-state index in [2.05, 4.69) is 23.8 Å². The van der Waals surface area contributed by atoms with Crippen molar-refractivity contribution in [2.24, 2.45) is 11.8 Å². The van der Waals surface area contributed by atoms with Crippen molar-refractivity contribution in [3.63, 3.8) is 0 Å². The van der Waals surface area contributed by atoms with Crippen LogP contribution in [0.15, 0.2) is 24.3 Å². The molecule has 1 aromatic carbocycles. The molecular formula is C24H34F4O. The lowest BCUT2D eigenvalue weighted by atomic mass is 9.78. The van der Waals surface area contributed by atoms with Gasteiger partial charge >= 0.3 is 6.61 Å². The fourth-order valence-electron chi connectivity index (χ4n) is 4.24. The van der Waals surface area contributed by atoms with E-state index in [1.54, 1.807) is 0 Å². The second kappa shape index (κ2) is 12.9. The van der Waals surface area contributed by atoms with E-state index < -0.39 is 24.0 Å². The molecule has 5 heteroatoms. The number of rotatable bonds is 12. The standard InChI is InChI=1S/C24H34F4O/c1-2-3-4-5-6-7-8-9-18-10-12-19(13-11-18)14-15-20-16-21(25)23(22(26)17-20)29-24(27)28/h4-5,16-19,24H,2-3,6-15H2,1H3/b5-4+. The van der Waals surface area contributed by atoms with Crippen LogP contribution in [0.1, 0.15) is 83.1 Å². The van der Waals surface area contributed by atoms with E-state index in [0.717, 1.165) is 24.5 Å². The summed E-state index contributed by atoms with van der Waals surface area (Å²) >= 11 is 0. The Balaban J connectivity index is 1.66. The van der Waals surface area contributed by atoms with Gasteiger partial charge in [-0.1, -0.05) is 64.0 Å². The quantitative estimate of drug-likeness (QED) is 0.190. The Kier molecular flexibility index (Phi) is 10.6. The van der Waals surface area contributed by atoms with Crippen LogP contribution in [0.2, 0.25) is 0 Å². The van der Waals surface area contributed by atoms with E-state index in [-0.39, 0.29) is 0 Å². The van der Waals surface area contributed by atoms with Crippen molar-refractivity contribution in [3.8, 4) is 5.75 Å². The molecule has 1 fully saturated rings. The summed E-state index contributed by atoms with van der Waals surface area (Å²) in [7, 11) is 0. The number of halogens is 4. The average molecular weight is 415 g/mol. The van der Waals surface area contributed by atoms with Crippen LogP contribution in [0.3, 0.4) is 0 Å². The number of allylic oxidation sites excluding steroid dienone is 2. The summed E-state index contributed by atoms with van der Waals surface area (Å²) in [6.45, 7) is -1.05. The summed E-state index contributed by atoms with van der Waals surface area (Å²) in [6, 6.07) is 2.22. The third-order valence-electron chi connectivity index (χ3n) is 5.93. The van der Waals surface area contributed by atoms with Gasteiger partial charge in [0.15, 0.2) is 17.4 Å². The first-order valence-corrected chi connectivity index (χ1v) is 11.1. The maximum Gasteiger partial charge on any atom is 0.387 e. The van der Waals surface area contributed by atoms with E-state index in [1.165, 1.54) is 64.2 Å². The van der Waals surface area contributed by atoms with Gasteiger partial charge in [-0.25, -0.2) is 8.78 Å². The molecule has 0 amide bonds. The molecule has 0 aliphatic heterocycles. The number of unbranched alkanes of at least 4 members (excludes halogenated alkanes) is 3. The molecule has 0 saturated heterocycles. The van der Waals surface area contributed by atoms with Crippen LogP contribution in [0.25, 0.3) is 0 Å². The molecule has 0 unspecified atom stereocenters. The van der Waals surface area contributed by atoms with Crippen LogP contribution in [-0.4, -0.2) is 6.61 Å². The van der Waals surface area contributed by atoms with Crippen molar-refractivity contribution >= 4 is 0 Å². The van der Waals surface area contributed by atoms with Gasteiger partial charge < -0.3 is 4.74 Å². The second-order valence-corrected chi connectivity index (χ2v) is 8.24. The highest BCUT2D eigenvalue weighted by atomic mass is 19.3. The van der Waals surface area contributed by atoms with Gasteiger partial charge in [-0.05, 0) is 61.6 Å². The lowest BCUT2D eigenvalue weighted by Crippen LogP contribution is -2.15. The molecule has 0 heterocycles. The molecule has 0 radical (unpaired) electrons. The molecule has 0 N–H and O–H groups in total. The Bertz CT molecular complexity index is 598. The number of ether oxygens (including phenoxy) is 1. The largest absolute Gasteiger partial charge is 0.429 e. The van der Waals surface area contributed by atoms with Crippen molar-refractivity contribution in [1.82, 2.24) is 0 Å². The van der Waals surface area contributed by atoms with Crippen LogP contribution < -0.4 is 4.74 Å². The summed E-state index contributed by atoms with van der Waals surface area (Å²) in [5, 5.41) is 0. The SMILES string of the molecule is CCC/C=C/CCCCC1CCC(CCc2cc(F)c(OC(F)F)c(F)c2)CC1.